The van der Waals surface area contributed by atoms with Crippen LogP contribution in [0.5, 0.6) is 0 Å². The average molecular weight is 397 g/mol. The first kappa shape index (κ1) is 20.1. The highest BCUT2D eigenvalue weighted by Gasteiger charge is 2.06. The summed E-state index contributed by atoms with van der Waals surface area (Å²) in [6, 6.07) is 16.3. The predicted molar refractivity (Wildman–Crippen MR) is 119 cm³/mol. The molecule has 1 atom stereocenters. The lowest BCUT2D eigenvalue weighted by atomic mass is 10.1. The molecular weight excluding hydrogens is 368 g/mol. The van der Waals surface area contributed by atoms with E-state index in [0.29, 0.717) is 18.1 Å². The van der Waals surface area contributed by atoms with Crippen LogP contribution in [0.1, 0.15) is 16.7 Å². The third kappa shape index (κ3) is 5.45. The first-order chi connectivity index (χ1) is 13.7. The van der Waals surface area contributed by atoms with Crippen LogP contribution in [0.3, 0.4) is 0 Å². The van der Waals surface area contributed by atoms with Crippen LogP contribution in [0.25, 0.3) is 10.9 Å². The molecule has 0 aliphatic carbocycles. The maximum Gasteiger partial charge on any atom is 0.191 e. The summed E-state index contributed by atoms with van der Waals surface area (Å²) >= 11 is 0. The van der Waals surface area contributed by atoms with E-state index < -0.39 is 10.8 Å². The number of aromatic nitrogens is 1. The van der Waals surface area contributed by atoms with Crippen molar-refractivity contribution in [3.8, 4) is 0 Å². The Balaban J connectivity index is 1.41. The standard InChI is InChI=1S/C22H28N4OS/c1-17-7-6-10-20-19(15-26-21(17)20)11-12-24-22(23-2)25-13-14-28(27)16-18-8-4-3-5-9-18/h3-10,15,26H,11-14,16H2,1-2H3,(H2,23,24,25). The normalized spacial score (nSPS) is 12.9. The second kappa shape index (κ2) is 10.1. The van der Waals surface area contributed by atoms with Crippen molar-refractivity contribution in [3.05, 3.63) is 71.4 Å². The van der Waals surface area contributed by atoms with Crippen LogP contribution >= 0.6 is 0 Å². The molecule has 0 saturated heterocycles. The van der Waals surface area contributed by atoms with Gasteiger partial charge in [-0.1, -0.05) is 48.5 Å². The number of aliphatic imine (C=N–C) groups is 1. The number of hydrogen-bond donors (Lipinski definition) is 3. The SMILES string of the molecule is CN=C(NCCc1c[nH]c2c(C)cccc12)NCCS(=O)Cc1ccccc1. The van der Waals surface area contributed by atoms with Crippen LogP contribution in [0, 0.1) is 6.92 Å². The zero-order valence-electron chi connectivity index (χ0n) is 16.5. The molecule has 0 saturated carbocycles. The van der Waals surface area contributed by atoms with Gasteiger partial charge in [-0.2, -0.15) is 0 Å². The minimum absolute atomic E-state index is 0.592. The molecule has 0 radical (unpaired) electrons. The zero-order valence-corrected chi connectivity index (χ0v) is 17.3. The molecule has 1 aromatic heterocycles. The summed E-state index contributed by atoms with van der Waals surface area (Å²) in [4.78, 5) is 7.62. The maximum atomic E-state index is 12.2. The van der Waals surface area contributed by atoms with Crippen LogP contribution in [0.4, 0.5) is 0 Å². The topological polar surface area (TPSA) is 69.3 Å². The summed E-state index contributed by atoms with van der Waals surface area (Å²) in [6.45, 7) is 3.54. The number of H-pyrrole nitrogens is 1. The molecule has 0 fully saturated rings. The fraction of sp³-hybridized carbons (Fsp3) is 0.318. The molecule has 28 heavy (non-hydrogen) atoms. The van der Waals surface area contributed by atoms with Crippen molar-refractivity contribution in [3.63, 3.8) is 0 Å². The molecule has 3 rings (SSSR count). The number of hydrogen-bond acceptors (Lipinski definition) is 2. The lowest BCUT2D eigenvalue weighted by molar-refractivity contribution is 0.680. The van der Waals surface area contributed by atoms with E-state index in [9.17, 15) is 4.21 Å². The number of aryl methyl sites for hydroxylation is 1. The van der Waals surface area contributed by atoms with Gasteiger partial charge in [0.05, 0.1) is 0 Å². The maximum absolute atomic E-state index is 12.2. The number of guanidine groups is 1. The minimum Gasteiger partial charge on any atom is -0.361 e. The van der Waals surface area contributed by atoms with E-state index in [1.807, 2.05) is 30.3 Å². The second-order valence-electron chi connectivity index (χ2n) is 6.76. The molecule has 5 nitrogen and oxygen atoms in total. The zero-order chi connectivity index (χ0) is 19.8. The number of rotatable bonds is 8. The van der Waals surface area contributed by atoms with Crippen LogP contribution in [-0.4, -0.2) is 41.0 Å². The minimum atomic E-state index is -0.887. The number of aromatic amines is 1. The highest BCUT2D eigenvalue weighted by Crippen LogP contribution is 2.21. The molecule has 0 amide bonds. The molecule has 0 aliphatic heterocycles. The molecule has 0 aliphatic rings. The highest BCUT2D eigenvalue weighted by molar-refractivity contribution is 7.84. The van der Waals surface area contributed by atoms with Gasteiger partial charge in [-0.05, 0) is 30.0 Å². The van der Waals surface area contributed by atoms with E-state index in [2.05, 4.69) is 51.9 Å². The van der Waals surface area contributed by atoms with E-state index >= 15 is 0 Å². The van der Waals surface area contributed by atoms with Gasteiger partial charge in [0, 0.05) is 59.5 Å². The lowest BCUT2D eigenvalue weighted by Crippen LogP contribution is -2.40. The molecule has 6 heteroatoms. The van der Waals surface area contributed by atoms with Crippen molar-refractivity contribution < 1.29 is 4.21 Å². The Hall–Kier alpha value is -2.60. The van der Waals surface area contributed by atoms with Gasteiger partial charge in [-0.3, -0.25) is 9.20 Å². The summed E-state index contributed by atoms with van der Waals surface area (Å²) < 4.78 is 12.2. The summed E-state index contributed by atoms with van der Waals surface area (Å²) in [7, 11) is 0.868. The second-order valence-corrected chi connectivity index (χ2v) is 8.34. The third-order valence-corrected chi connectivity index (χ3v) is 6.03. The van der Waals surface area contributed by atoms with Gasteiger partial charge in [0.2, 0.25) is 0 Å². The van der Waals surface area contributed by atoms with Gasteiger partial charge in [-0.15, -0.1) is 0 Å². The quantitative estimate of drug-likeness (QED) is 0.405. The van der Waals surface area contributed by atoms with Gasteiger partial charge >= 0.3 is 0 Å². The van der Waals surface area contributed by atoms with Crippen LogP contribution in [0.2, 0.25) is 0 Å². The van der Waals surface area contributed by atoms with Gasteiger partial charge in [0.15, 0.2) is 5.96 Å². The summed E-state index contributed by atoms with van der Waals surface area (Å²) in [6.07, 6.45) is 2.99. The fourth-order valence-electron chi connectivity index (χ4n) is 3.22. The number of fused-ring (bicyclic) bond motifs is 1. The molecule has 148 valence electrons. The smallest absolute Gasteiger partial charge is 0.191 e. The van der Waals surface area contributed by atoms with Gasteiger partial charge in [-0.25, -0.2) is 0 Å². The Kier molecular flexibility index (Phi) is 7.25. The number of para-hydroxylation sites is 1. The molecule has 2 aromatic carbocycles. The van der Waals surface area contributed by atoms with Crippen LogP contribution in [-0.2, 0) is 23.0 Å². The van der Waals surface area contributed by atoms with Crippen LogP contribution < -0.4 is 10.6 Å². The van der Waals surface area contributed by atoms with Gasteiger partial charge in [0.25, 0.3) is 0 Å². The Bertz CT molecular complexity index is 950. The van der Waals surface area contributed by atoms with Crippen molar-refractivity contribution in [1.82, 2.24) is 15.6 Å². The molecule has 3 aromatic rings. The number of benzene rings is 2. The first-order valence-electron chi connectivity index (χ1n) is 9.56. The van der Waals surface area contributed by atoms with Gasteiger partial charge < -0.3 is 15.6 Å². The van der Waals surface area contributed by atoms with Gasteiger partial charge in [0.1, 0.15) is 0 Å². The van der Waals surface area contributed by atoms with Crippen LogP contribution in [0.15, 0.2) is 59.7 Å². The Labute approximate surface area is 169 Å². The highest BCUT2D eigenvalue weighted by atomic mass is 32.2. The lowest BCUT2D eigenvalue weighted by Gasteiger charge is -2.11. The third-order valence-electron chi connectivity index (χ3n) is 4.71. The Morgan fingerprint density at radius 1 is 1.07 bits per heavy atom. The molecular formula is C22H28N4OS. The Morgan fingerprint density at radius 2 is 1.86 bits per heavy atom. The summed E-state index contributed by atoms with van der Waals surface area (Å²) in [5.74, 6) is 1.93. The number of nitrogens with one attached hydrogen (secondary N) is 3. The predicted octanol–water partition coefficient (Wildman–Crippen LogP) is 3.13. The van der Waals surface area contributed by atoms with Crippen molar-refractivity contribution in [2.24, 2.45) is 4.99 Å². The largest absolute Gasteiger partial charge is 0.361 e. The number of nitrogens with zero attached hydrogens (tertiary/aromatic N) is 1. The molecule has 1 heterocycles. The van der Waals surface area contributed by atoms with Crippen molar-refractivity contribution in [2.45, 2.75) is 19.1 Å². The van der Waals surface area contributed by atoms with Crippen molar-refractivity contribution in [1.29, 1.82) is 0 Å². The summed E-state index contributed by atoms with van der Waals surface area (Å²) in [5.41, 5.74) is 4.88. The van der Waals surface area contributed by atoms with E-state index in [4.69, 9.17) is 0 Å². The van der Waals surface area contributed by atoms with E-state index in [0.717, 1.165) is 24.5 Å². The monoisotopic (exact) mass is 396 g/mol. The summed E-state index contributed by atoms with van der Waals surface area (Å²) in [5, 5.41) is 7.87. The molecule has 3 N–H and O–H groups in total. The van der Waals surface area contributed by atoms with E-state index in [1.54, 1.807) is 7.05 Å². The van der Waals surface area contributed by atoms with E-state index in [-0.39, 0.29) is 0 Å². The first-order valence-corrected chi connectivity index (χ1v) is 11.0. The molecule has 0 spiro atoms. The Morgan fingerprint density at radius 3 is 2.64 bits per heavy atom. The van der Waals surface area contributed by atoms with E-state index in [1.165, 1.54) is 22.0 Å². The van der Waals surface area contributed by atoms with Crippen molar-refractivity contribution >= 4 is 27.7 Å². The average Bonchev–Trinajstić information content (AvgIpc) is 3.12. The van der Waals surface area contributed by atoms with Crippen molar-refractivity contribution in [2.75, 3.05) is 25.9 Å². The fourth-order valence-corrected chi connectivity index (χ4v) is 4.26. The molecule has 0 bridgehead atoms. The molecule has 1 unspecified atom stereocenters.